The molecule has 22 heavy (non-hydrogen) atoms. The number of ether oxygens (including phenoxy) is 1. The largest absolute Gasteiger partial charge is 0.490 e. The van der Waals surface area contributed by atoms with Crippen molar-refractivity contribution >= 4 is 0 Å². The van der Waals surface area contributed by atoms with Crippen molar-refractivity contribution in [2.24, 2.45) is 0 Å². The molecule has 0 amide bonds. The molecule has 2 aromatic carbocycles. The first-order valence-corrected chi connectivity index (χ1v) is 8.25. The minimum absolute atomic E-state index is 0.571. The van der Waals surface area contributed by atoms with Gasteiger partial charge in [-0.1, -0.05) is 55.1 Å². The first-order valence-electron chi connectivity index (χ1n) is 8.25. The van der Waals surface area contributed by atoms with Crippen LogP contribution in [0.3, 0.4) is 0 Å². The molecule has 1 fully saturated rings. The van der Waals surface area contributed by atoms with E-state index in [0.29, 0.717) is 12.5 Å². The molecule has 0 N–H and O–H groups in total. The molecule has 0 atom stereocenters. The van der Waals surface area contributed by atoms with Crippen LogP contribution in [-0.2, 0) is 0 Å². The summed E-state index contributed by atoms with van der Waals surface area (Å²) in [5.41, 5.74) is 2.96. The lowest BCUT2D eigenvalue weighted by molar-refractivity contribution is 0.362. The van der Waals surface area contributed by atoms with Gasteiger partial charge in [0, 0.05) is 0 Å². The maximum Gasteiger partial charge on any atom is 0.119 e. The second-order valence-corrected chi connectivity index (χ2v) is 6.13. The van der Waals surface area contributed by atoms with E-state index in [1.165, 1.54) is 36.8 Å². The molecule has 0 aromatic heterocycles. The summed E-state index contributed by atoms with van der Waals surface area (Å²) in [4.78, 5) is 0. The van der Waals surface area contributed by atoms with Crippen molar-refractivity contribution in [2.75, 3.05) is 6.61 Å². The lowest BCUT2D eigenvalue weighted by Crippen LogP contribution is -2.12. The molecule has 0 aliphatic heterocycles. The number of rotatable bonds is 5. The van der Waals surface area contributed by atoms with Crippen LogP contribution in [0, 0.1) is 0 Å². The van der Waals surface area contributed by atoms with Crippen LogP contribution in [0.25, 0.3) is 0 Å². The molecule has 1 nitrogen and oxygen atoms in total. The van der Waals surface area contributed by atoms with Gasteiger partial charge in [0.2, 0.25) is 0 Å². The molecule has 0 unspecified atom stereocenters. The number of hydrogen-bond acceptors (Lipinski definition) is 1. The number of benzene rings is 2. The van der Waals surface area contributed by atoms with Crippen LogP contribution in [0.4, 0.5) is 0 Å². The summed E-state index contributed by atoms with van der Waals surface area (Å²) >= 11 is 0. The van der Waals surface area contributed by atoms with Crippen LogP contribution in [0.15, 0.2) is 67.3 Å². The monoisotopic (exact) mass is 292 g/mol. The highest BCUT2D eigenvalue weighted by atomic mass is 16.5. The minimum Gasteiger partial charge on any atom is -0.490 e. The Labute approximate surface area is 133 Å². The zero-order valence-electron chi connectivity index (χ0n) is 13.1. The Morgan fingerprint density at radius 3 is 1.91 bits per heavy atom. The fourth-order valence-corrected chi connectivity index (χ4v) is 3.48. The molecule has 1 saturated carbocycles. The molecule has 0 saturated heterocycles. The first-order chi connectivity index (χ1) is 10.9. The lowest BCUT2D eigenvalue weighted by atomic mass is 9.76. The summed E-state index contributed by atoms with van der Waals surface area (Å²) in [6.07, 6.45) is 6.93. The van der Waals surface area contributed by atoms with E-state index in [-0.39, 0.29) is 0 Å². The van der Waals surface area contributed by atoms with E-state index in [2.05, 4.69) is 61.2 Å². The fourth-order valence-electron chi connectivity index (χ4n) is 3.48. The Kier molecular flexibility index (Phi) is 4.95. The average Bonchev–Trinajstić information content (AvgIpc) is 2.61. The molecule has 114 valence electrons. The van der Waals surface area contributed by atoms with Gasteiger partial charge in [-0.05, 0) is 60.8 Å². The summed E-state index contributed by atoms with van der Waals surface area (Å²) in [5.74, 6) is 2.38. The lowest BCUT2D eigenvalue weighted by Gasteiger charge is -2.29. The van der Waals surface area contributed by atoms with Crippen molar-refractivity contribution in [3.8, 4) is 5.75 Å². The quantitative estimate of drug-likeness (QED) is 0.643. The van der Waals surface area contributed by atoms with Gasteiger partial charge in [-0.2, -0.15) is 0 Å². The molecule has 3 rings (SSSR count). The summed E-state index contributed by atoms with van der Waals surface area (Å²) in [7, 11) is 0. The number of hydrogen-bond donors (Lipinski definition) is 0. The average molecular weight is 292 g/mol. The van der Waals surface area contributed by atoms with Gasteiger partial charge >= 0.3 is 0 Å². The highest BCUT2D eigenvalue weighted by molar-refractivity contribution is 5.30. The maximum absolute atomic E-state index is 5.55. The molecule has 0 bridgehead atoms. The van der Waals surface area contributed by atoms with Crippen LogP contribution < -0.4 is 4.74 Å². The van der Waals surface area contributed by atoms with Crippen molar-refractivity contribution < 1.29 is 4.74 Å². The zero-order valence-corrected chi connectivity index (χ0v) is 13.1. The van der Waals surface area contributed by atoms with Gasteiger partial charge in [0.15, 0.2) is 0 Å². The predicted octanol–water partition coefficient (Wildman–Crippen LogP) is 5.69. The van der Waals surface area contributed by atoms with Crippen LogP contribution in [0.5, 0.6) is 5.75 Å². The Hall–Kier alpha value is -2.02. The SMILES string of the molecule is C=CCOc1ccc(C2CCC(c3ccccc3)CC2)cc1. The third kappa shape index (κ3) is 3.59. The third-order valence-corrected chi connectivity index (χ3v) is 4.72. The second kappa shape index (κ2) is 7.31. The van der Waals surface area contributed by atoms with Gasteiger partial charge in [-0.25, -0.2) is 0 Å². The van der Waals surface area contributed by atoms with Gasteiger partial charge < -0.3 is 4.74 Å². The van der Waals surface area contributed by atoms with E-state index >= 15 is 0 Å². The van der Waals surface area contributed by atoms with Crippen molar-refractivity contribution in [3.63, 3.8) is 0 Å². The van der Waals surface area contributed by atoms with E-state index in [0.717, 1.165) is 11.7 Å². The highest BCUT2D eigenvalue weighted by Crippen LogP contribution is 2.40. The van der Waals surface area contributed by atoms with E-state index in [4.69, 9.17) is 4.74 Å². The van der Waals surface area contributed by atoms with Crippen LogP contribution in [-0.4, -0.2) is 6.61 Å². The van der Waals surface area contributed by atoms with E-state index in [1.807, 2.05) is 0 Å². The standard InChI is InChI=1S/C21H24O/c1-2-16-22-21-14-12-20(13-15-21)19-10-8-18(9-11-19)17-6-4-3-5-7-17/h2-7,12-15,18-19H,1,8-11,16H2. The molecule has 0 heterocycles. The summed E-state index contributed by atoms with van der Waals surface area (Å²) in [5, 5.41) is 0. The van der Waals surface area contributed by atoms with Gasteiger partial charge in [-0.3, -0.25) is 0 Å². The summed E-state index contributed by atoms with van der Waals surface area (Å²) in [6, 6.07) is 19.6. The van der Waals surface area contributed by atoms with Gasteiger partial charge in [0.25, 0.3) is 0 Å². The van der Waals surface area contributed by atoms with E-state index in [1.54, 1.807) is 6.08 Å². The van der Waals surface area contributed by atoms with E-state index < -0.39 is 0 Å². The molecule has 1 heteroatoms. The van der Waals surface area contributed by atoms with E-state index in [9.17, 15) is 0 Å². The minimum atomic E-state index is 0.571. The molecule has 1 aliphatic carbocycles. The maximum atomic E-state index is 5.55. The Morgan fingerprint density at radius 1 is 0.818 bits per heavy atom. The van der Waals surface area contributed by atoms with Crippen LogP contribution >= 0.6 is 0 Å². The highest BCUT2D eigenvalue weighted by Gasteiger charge is 2.23. The molecule has 0 spiro atoms. The predicted molar refractivity (Wildman–Crippen MR) is 92.5 cm³/mol. The smallest absolute Gasteiger partial charge is 0.119 e. The third-order valence-electron chi connectivity index (χ3n) is 4.72. The molecule has 0 radical (unpaired) electrons. The van der Waals surface area contributed by atoms with Crippen LogP contribution in [0.1, 0.15) is 48.6 Å². The Morgan fingerprint density at radius 2 is 1.36 bits per heavy atom. The van der Waals surface area contributed by atoms with Crippen molar-refractivity contribution in [3.05, 3.63) is 78.4 Å². The van der Waals surface area contributed by atoms with Crippen LogP contribution in [0.2, 0.25) is 0 Å². The molecule has 1 aliphatic rings. The normalized spacial score (nSPS) is 21.3. The second-order valence-electron chi connectivity index (χ2n) is 6.13. The van der Waals surface area contributed by atoms with Crippen molar-refractivity contribution in [2.45, 2.75) is 37.5 Å². The fraction of sp³-hybridized carbons (Fsp3) is 0.333. The topological polar surface area (TPSA) is 9.23 Å². The molecular formula is C21H24O. The van der Waals surface area contributed by atoms with Crippen molar-refractivity contribution in [1.29, 1.82) is 0 Å². The van der Waals surface area contributed by atoms with Gasteiger partial charge in [0.05, 0.1) is 0 Å². The van der Waals surface area contributed by atoms with Gasteiger partial charge in [-0.15, -0.1) is 0 Å². The Balaban J connectivity index is 1.58. The zero-order chi connectivity index (χ0) is 15.2. The summed E-state index contributed by atoms with van der Waals surface area (Å²) < 4.78 is 5.55. The molecule has 2 aromatic rings. The Bertz CT molecular complexity index is 577. The van der Waals surface area contributed by atoms with Crippen molar-refractivity contribution in [1.82, 2.24) is 0 Å². The first kappa shape index (κ1) is 14.9. The van der Waals surface area contributed by atoms with Gasteiger partial charge in [0.1, 0.15) is 12.4 Å². The summed E-state index contributed by atoms with van der Waals surface area (Å²) in [6.45, 7) is 4.24. The molecular weight excluding hydrogens is 268 g/mol.